The van der Waals surface area contributed by atoms with E-state index in [4.69, 9.17) is 0 Å². The van der Waals surface area contributed by atoms with Crippen LogP contribution in [0.5, 0.6) is 0 Å². The van der Waals surface area contributed by atoms with Crippen LogP contribution in [0, 0.1) is 5.92 Å². The second kappa shape index (κ2) is 5.25. The Bertz CT molecular complexity index is 627. The lowest BCUT2D eigenvalue weighted by molar-refractivity contribution is 0.0698. The lowest BCUT2D eigenvalue weighted by Gasteiger charge is -2.25. The van der Waals surface area contributed by atoms with Gasteiger partial charge in [-0.1, -0.05) is 6.07 Å². The largest absolute Gasteiger partial charge is 0.478 e. The highest BCUT2D eigenvalue weighted by Gasteiger charge is 2.21. The molecule has 0 aliphatic heterocycles. The zero-order chi connectivity index (χ0) is 14.1. The van der Waals surface area contributed by atoms with Crippen LogP contribution in [0.25, 0.3) is 11.0 Å². The molecule has 1 aliphatic carbocycles. The van der Waals surface area contributed by atoms with Crippen molar-refractivity contribution in [2.45, 2.75) is 38.3 Å². The van der Waals surface area contributed by atoms with E-state index >= 15 is 0 Å². The molecule has 2 aromatic rings. The normalized spacial score (nSPS) is 23.1. The van der Waals surface area contributed by atoms with Crippen LogP contribution in [-0.4, -0.2) is 31.8 Å². The number of para-hydroxylation sites is 1. The van der Waals surface area contributed by atoms with Crippen molar-refractivity contribution in [3.63, 3.8) is 0 Å². The third kappa shape index (κ3) is 2.41. The number of aliphatic hydroxyl groups excluding tert-OH is 1. The van der Waals surface area contributed by atoms with Gasteiger partial charge in [-0.15, -0.1) is 0 Å². The predicted molar refractivity (Wildman–Crippen MR) is 74.7 cm³/mol. The molecule has 1 heterocycles. The summed E-state index contributed by atoms with van der Waals surface area (Å²) >= 11 is 0. The quantitative estimate of drug-likeness (QED) is 0.900. The SMILES string of the molecule is O=C(O)c1cccc2ncn(CC3CCC(O)CC3)c12. The standard InChI is InChI=1S/C15H18N2O3/c18-11-6-4-10(5-7-11)8-17-9-16-13-3-1-2-12(14(13)17)15(19)20/h1-3,9-11,18H,4-8H2,(H,19,20). The van der Waals surface area contributed by atoms with Gasteiger partial charge in [0.1, 0.15) is 0 Å². The number of aromatic carboxylic acids is 1. The molecule has 0 bridgehead atoms. The van der Waals surface area contributed by atoms with Crippen LogP contribution in [0.15, 0.2) is 24.5 Å². The molecule has 1 aromatic heterocycles. The molecule has 5 heteroatoms. The number of hydrogen-bond donors (Lipinski definition) is 2. The van der Waals surface area contributed by atoms with Crippen LogP contribution in [0.4, 0.5) is 0 Å². The number of carboxylic acid groups (broad SMARTS) is 1. The molecule has 1 aliphatic rings. The second-order valence-corrected chi connectivity index (χ2v) is 5.55. The van der Waals surface area contributed by atoms with Crippen molar-refractivity contribution in [2.24, 2.45) is 5.92 Å². The van der Waals surface area contributed by atoms with Crippen molar-refractivity contribution in [3.05, 3.63) is 30.1 Å². The minimum Gasteiger partial charge on any atom is -0.478 e. The first-order valence-corrected chi connectivity index (χ1v) is 7.00. The van der Waals surface area contributed by atoms with Gasteiger partial charge in [-0.05, 0) is 43.7 Å². The third-order valence-electron chi connectivity index (χ3n) is 4.14. The zero-order valence-corrected chi connectivity index (χ0v) is 11.2. The Morgan fingerprint density at radius 1 is 1.30 bits per heavy atom. The second-order valence-electron chi connectivity index (χ2n) is 5.55. The van der Waals surface area contributed by atoms with Gasteiger partial charge in [0.15, 0.2) is 0 Å². The molecule has 1 saturated carbocycles. The Kier molecular flexibility index (Phi) is 3.44. The summed E-state index contributed by atoms with van der Waals surface area (Å²) in [6.45, 7) is 0.771. The minimum absolute atomic E-state index is 0.166. The van der Waals surface area contributed by atoms with Gasteiger partial charge in [0.25, 0.3) is 0 Å². The molecular weight excluding hydrogens is 256 g/mol. The average molecular weight is 274 g/mol. The highest BCUT2D eigenvalue weighted by atomic mass is 16.4. The molecule has 5 nitrogen and oxygen atoms in total. The van der Waals surface area contributed by atoms with Gasteiger partial charge >= 0.3 is 5.97 Å². The summed E-state index contributed by atoms with van der Waals surface area (Å²) < 4.78 is 1.95. The number of carbonyl (C=O) groups is 1. The summed E-state index contributed by atoms with van der Waals surface area (Å²) in [5.41, 5.74) is 1.72. The van der Waals surface area contributed by atoms with Crippen molar-refractivity contribution >= 4 is 17.0 Å². The average Bonchev–Trinajstić information content (AvgIpc) is 2.84. The molecule has 1 fully saturated rings. The van der Waals surface area contributed by atoms with Crippen LogP contribution >= 0.6 is 0 Å². The smallest absolute Gasteiger partial charge is 0.337 e. The lowest BCUT2D eigenvalue weighted by Crippen LogP contribution is -2.21. The van der Waals surface area contributed by atoms with Crippen molar-refractivity contribution < 1.29 is 15.0 Å². The lowest BCUT2D eigenvalue weighted by atomic mass is 9.87. The predicted octanol–water partition coefficient (Wildman–Crippen LogP) is 2.29. The maximum Gasteiger partial charge on any atom is 0.337 e. The van der Waals surface area contributed by atoms with Gasteiger partial charge in [0, 0.05) is 6.54 Å². The van der Waals surface area contributed by atoms with Crippen molar-refractivity contribution in [2.75, 3.05) is 0 Å². The van der Waals surface area contributed by atoms with Crippen molar-refractivity contribution in [1.29, 1.82) is 0 Å². The summed E-state index contributed by atoms with van der Waals surface area (Å²) in [4.78, 5) is 15.6. The number of imidazole rings is 1. The summed E-state index contributed by atoms with van der Waals surface area (Å²) in [6.07, 6.45) is 5.20. The Morgan fingerprint density at radius 3 is 2.75 bits per heavy atom. The first kappa shape index (κ1) is 13.1. The molecular formula is C15H18N2O3. The zero-order valence-electron chi connectivity index (χ0n) is 11.2. The molecule has 0 saturated heterocycles. The number of benzene rings is 1. The van der Waals surface area contributed by atoms with E-state index in [2.05, 4.69) is 4.98 Å². The molecule has 2 N–H and O–H groups in total. The number of fused-ring (bicyclic) bond motifs is 1. The van der Waals surface area contributed by atoms with Crippen LogP contribution in [-0.2, 0) is 6.54 Å². The monoisotopic (exact) mass is 274 g/mol. The van der Waals surface area contributed by atoms with Gasteiger partial charge in [-0.3, -0.25) is 0 Å². The molecule has 3 rings (SSSR count). The van der Waals surface area contributed by atoms with E-state index in [1.165, 1.54) is 0 Å². The number of carboxylic acids is 1. The molecule has 106 valence electrons. The number of nitrogens with zero attached hydrogens (tertiary/aromatic N) is 2. The third-order valence-corrected chi connectivity index (χ3v) is 4.14. The van der Waals surface area contributed by atoms with Crippen LogP contribution in [0.1, 0.15) is 36.0 Å². The summed E-state index contributed by atoms with van der Waals surface area (Å²) in [5.74, 6) is -0.436. The van der Waals surface area contributed by atoms with Gasteiger partial charge in [0.2, 0.25) is 0 Å². The summed E-state index contributed by atoms with van der Waals surface area (Å²) in [5, 5.41) is 18.8. The van der Waals surface area contributed by atoms with Gasteiger partial charge in [0.05, 0.1) is 29.0 Å². The van der Waals surface area contributed by atoms with E-state index in [0.717, 1.165) is 37.7 Å². The van der Waals surface area contributed by atoms with Gasteiger partial charge in [-0.2, -0.15) is 0 Å². The highest BCUT2D eigenvalue weighted by molar-refractivity contribution is 6.01. The highest BCUT2D eigenvalue weighted by Crippen LogP contribution is 2.27. The molecule has 0 spiro atoms. The topological polar surface area (TPSA) is 75.3 Å². The van der Waals surface area contributed by atoms with E-state index in [9.17, 15) is 15.0 Å². The minimum atomic E-state index is -0.920. The maximum atomic E-state index is 11.3. The van der Waals surface area contributed by atoms with Gasteiger partial charge < -0.3 is 14.8 Å². The van der Waals surface area contributed by atoms with Crippen molar-refractivity contribution in [1.82, 2.24) is 9.55 Å². The summed E-state index contributed by atoms with van der Waals surface area (Å²) in [7, 11) is 0. The Balaban J connectivity index is 1.90. The molecule has 0 amide bonds. The van der Waals surface area contributed by atoms with Crippen LogP contribution < -0.4 is 0 Å². The van der Waals surface area contributed by atoms with E-state index < -0.39 is 5.97 Å². The Morgan fingerprint density at radius 2 is 2.05 bits per heavy atom. The van der Waals surface area contributed by atoms with Gasteiger partial charge in [-0.25, -0.2) is 9.78 Å². The molecule has 1 aromatic carbocycles. The number of hydrogen-bond acceptors (Lipinski definition) is 3. The van der Waals surface area contributed by atoms with E-state index in [-0.39, 0.29) is 6.10 Å². The van der Waals surface area contributed by atoms with Crippen molar-refractivity contribution in [3.8, 4) is 0 Å². The molecule has 0 atom stereocenters. The van der Waals surface area contributed by atoms with Crippen LogP contribution in [0.3, 0.4) is 0 Å². The fourth-order valence-corrected chi connectivity index (χ4v) is 3.04. The maximum absolute atomic E-state index is 11.3. The molecule has 0 unspecified atom stereocenters. The Hall–Kier alpha value is -1.88. The summed E-state index contributed by atoms with van der Waals surface area (Å²) in [6, 6.07) is 5.18. The fraction of sp³-hybridized carbons (Fsp3) is 0.467. The molecule has 0 radical (unpaired) electrons. The fourth-order valence-electron chi connectivity index (χ4n) is 3.04. The van der Waals surface area contributed by atoms with E-state index in [0.29, 0.717) is 17.0 Å². The number of aliphatic hydroxyl groups is 1. The molecule has 20 heavy (non-hydrogen) atoms. The van der Waals surface area contributed by atoms with E-state index in [1.807, 2.05) is 10.6 Å². The number of aromatic nitrogens is 2. The van der Waals surface area contributed by atoms with E-state index in [1.54, 1.807) is 18.5 Å². The first-order chi connectivity index (χ1) is 9.65. The first-order valence-electron chi connectivity index (χ1n) is 7.00. The van der Waals surface area contributed by atoms with Crippen LogP contribution in [0.2, 0.25) is 0 Å². The number of rotatable bonds is 3. The Labute approximate surface area is 116 Å².